The van der Waals surface area contributed by atoms with Crippen molar-refractivity contribution in [2.24, 2.45) is 0 Å². The second kappa shape index (κ2) is 14.1. The highest BCUT2D eigenvalue weighted by molar-refractivity contribution is 6.23. The molecule has 4 rings (SSSR count). The number of ketones is 4. The zero-order valence-corrected chi connectivity index (χ0v) is 27.2. The van der Waals surface area contributed by atoms with Gasteiger partial charge >= 0.3 is 0 Å². The summed E-state index contributed by atoms with van der Waals surface area (Å²) in [6, 6.07) is -7.03. The van der Waals surface area contributed by atoms with E-state index in [1.54, 1.807) is 0 Å². The molecule has 4 aromatic carbocycles. The van der Waals surface area contributed by atoms with E-state index < -0.39 is 174 Å². The van der Waals surface area contributed by atoms with Crippen molar-refractivity contribution in [1.29, 1.82) is 0 Å². The lowest BCUT2D eigenvalue weighted by atomic mass is 9.59. The number of phenols is 12. The van der Waals surface area contributed by atoms with Crippen molar-refractivity contribution < 1.29 is 116 Å². The highest BCUT2D eigenvalue weighted by Crippen LogP contribution is 2.47. The van der Waals surface area contributed by atoms with Gasteiger partial charge in [-0.15, -0.1) is 0 Å². The lowest BCUT2D eigenvalue weighted by Gasteiger charge is -2.49. The number of aliphatic hydroxyl groups excluding tert-OH is 2. The molecular weight excluding hydrogens is 760 g/mol. The van der Waals surface area contributed by atoms with Crippen molar-refractivity contribution in [3.8, 4) is 69.0 Å². The van der Waals surface area contributed by atoms with Gasteiger partial charge in [-0.25, -0.2) is 0 Å². The fourth-order valence-corrected chi connectivity index (χ4v) is 5.29. The van der Waals surface area contributed by atoms with Gasteiger partial charge in [-0.3, -0.25) is 24.0 Å². The predicted octanol–water partition coefficient (Wildman–Crippen LogP) is -1.90. The normalized spacial score (nSPS) is 16.7. The molecule has 0 fully saturated rings. The summed E-state index contributed by atoms with van der Waals surface area (Å²) in [6.07, 6.45) is -9.27. The molecule has 0 aliphatic rings. The van der Waals surface area contributed by atoms with Gasteiger partial charge in [0.05, 0.1) is 5.48 Å². The standard InChI is InChI=1S/C34H28O22/c35-9-32(54,28(50)11-3-16(38)24(46)17(39)4-11)34(56,30(52)13-7-20(42)26(48)21(43)8-13)33(55,29(51)12-5-18(40)25(47)19(41)6-12)31(53)27(49)22(44)10-1-14(36)23(45)15(37)2-10/h1-9,27,31,36-43,45-49,53-56H/t27?,31-,32-,33-,34-/m1/s1/i1D,3D,5D,7D. The first-order valence-corrected chi connectivity index (χ1v) is 14.7. The van der Waals surface area contributed by atoms with Crippen LogP contribution in [-0.4, -0.2) is 145 Å². The molecule has 0 spiro atoms. The quantitative estimate of drug-likeness (QED) is 0.0304. The van der Waals surface area contributed by atoms with Crippen LogP contribution in [0.4, 0.5) is 0 Å². The molecule has 0 aliphatic carbocycles. The number of Topliss-reactive ketones (excluding diaryl/α,β-unsaturated/α-hetero) is 4. The van der Waals surface area contributed by atoms with E-state index in [0.29, 0.717) is 0 Å². The van der Waals surface area contributed by atoms with E-state index in [0.717, 1.165) is 0 Å². The average Bonchev–Trinajstić information content (AvgIpc) is 3.22. The van der Waals surface area contributed by atoms with Crippen molar-refractivity contribution in [1.82, 2.24) is 0 Å². The number of rotatable bonds is 13. The lowest BCUT2D eigenvalue weighted by Crippen LogP contribution is -2.81. The smallest absolute Gasteiger partial charge is 0.222 e. The van der Waals surface area contributed by atoms with Crippen LogP contribution in [0, 0.1) is 0 Å². The number of carbonyl (C=O) groups excluding carboxylic acids is 5. The zero-order valence-electron chi connectivity index (χ0n) is 31.2. The summed E-state index contributed by atoms with van der Waals surface area (Å²) in [5.41, 5.74) is -23.2. The van der Waals surface area contributed by atoms with Gasteiger partial charge in [0.15, 0.2) is 86.7 Å². The van der Waals surface area contributed by atoms with Gasteiger partial charge in [-0.1, -0.05) is 0 Å². The van der Waals surface area contributed by atoms with Gasteiger partial charge in [-0.2, -0.15) is 0 Å². The minimum absolute atomic E-state index is 0.0552. The highest BCUT2D eigenvalue weighted by Gasteiger charge is 2.76. The molecule has 56 heavy (non-hydrogen) atoms. The van der Waals surface area contributed by atoms with Crippen LogP contribution < -0.4 is 0 Å². The van der Waals surface area contributed by atoms with Crippen molar-refractivity contribution in [2.75, 3.05) is 0 Å². The minimum Gasteiger partial charge on any atom is -0.504 e. The number of carbonyl (C=O) groups is 5. The largest absolute Gasteiger partial charge is 0.504 e. The first-order valence-electron chi connectivity index (χ1n) is 16.7. The van der Waals surface area contributed by atoms with E-state index in [2.05, 4.69) is 0 Å². The van der Waals surface area contributed by atoms with Crippen LogP contribution in [0.1, 0.15) is 46.9 Å². The van der Waals surface area contributed by atoms with E-state index in [-0.39, 0.29) is 24.3 Å². The third-order valence-electron chi connectivity index (χ3n) is 8.29. The fourth-order valence-electron chi connectivity index (χ4n) is 5.29. The summed E-state index contributed by atoms with van der Waals surface area (Å²) < 4.78 is 32.3. The molecule has 17 N–H and O–H groups in total. The summed E-state index contributed by atoms with van der Waals surface area (Å²) in [4.78, 5) is 70.2. The van der Waals surface area contributed by atoms with Crippen molar-refractivity contribution in [3.63, 3.8) is 0 Å². The van der Waals surface area contributed by atoms with E-state index >= 15 is 0 Å². The van der Waals surface area contributed by atoms with E-state index in [1.807, 2.05) is 0 Å². The lowest BCUT2D eigenvalue weighted by molar-refractivity contribution is -0.215. The van der Waals surface area contributed by atoms with Gasteiger partial charge < -0.3 is 86.8 Å². The monoisotopic (exact) mass is 792 g/mol. The number of hydrogen-bond acceptors (Lipinski definition) is 22. The van der Waals surface area contributed by atoms with Crippen LogP contribution in [-0.2, 0) is 4.79 Å². The first kappa shape index (κ1) is 35.6. The molecule has 0 aliphatic heterocycles. The van der Waals surface area contributed by atoms with Crippen molar-refractivity contribution in [2.45, 2.75) is 29.0 Å². The van der Waals surface area contributed by atoms with Crippen LogP contribution in [0.2, 0.25) is 0 Å². The third kappa shape index (κ3) is 6.15. The molecule has 1 unspecified atom stereocenters. The van der Waals surface area contributed by atoms with Gasteiger partial charge in [0.1, 0.15) is 12.2 Å². The molecule has 5 atom stereocenters. The maximum Gasteiger partial charge on any atom is 0.222 e. The van der Waals surface area contributed by atoms with Crippen LogP contribution >= 0.6 is 0 Å². The number of phenolic OH excluding ortho intramolecular Hbond substituents is 12. The van der Waals surface area contributed by atoms with E-state index in [4.69, 9.17) is 5.48 Å². The number of aromatic hydroxyl groups is 12. The van der Waals surface area contributed by atoms with Gasteiger partial charge in [0, 0.05) is 22.3 Å². The van der Waals surface area contributed by atoms with Gasteiger partial charge in [0.2, 0.25) is 28.6 Å². The molecule has 22 heteroatoms. The van der Waals surface area contributed by atoms with Crippen molar-refractivity contribution >= 4 is 29.4 Å². The Bertz CT molecular complexity index is 2560. The second-order valence-electron chi connectivity index (χ2n) is 11.7. The number of aliphatic hydroxyl groups is 5. The summed E-state index contributed by atoms with van der Waals surface area (Å²) in [6.45, 7) is 0. The zero-order chi connectivity index (χ0) is 46.0. The van der Waals surface area contributed by atoms with Gasteiger partial charge in [-0.05, 0) is 48.4 Å². The summed E-state index contributed by atoms with van der Waals surface area (Å²) in [7, 11) is 0. The average molecular weight is 793 g/mol. The fraction of sp³-hybridized carbons (Fsp3) is 0.147. The number of hydrogen-bond donors (Lipinski definition) is 17. The number of benzene rings is 4. The van der Waals surface area contributed by atoms with Gasteiger partial charge in [0.25, 0.3) is 0 Å². The predicted molar refractivity (Wildman–Crippen MR) is 176 cm³/mol. The Balaban J connectivity index is 2.29. The molecular formula is C34H28O22. The topological polar surface area (TPSA) is 429 Å². The Labute approximate surface area is 314 Å². The molecule has 22 nitrogen and oxygen atoms in total. The molecule has 0 bridgehead atoms. The molecule has 0 saturated heterocycles. The second-order valence-corrected chi connectivity index (χ2v) is 11.7. The molecule has 0 saturated carbocycles. The third-order valence-corrected chi connectivity index (χ3v) is 8.29. The Morgan fingerprint density at radius 3 is 1.16 bits per heavy atom. The van der Waals surface area contributed by atoms with Crippen LogP contribution in [0.15, 0.2) is 48.4 Å². The summed E-state index contributed by atoms with van der Waals surface area (Å²) in [5.74, 6) is -30.4. The van der Waals surface area contributed by atoms with Crippen LogP contribution in [0.3, 0.4) is 0 Å². The van der Waals surface area contributed by atoms with Crippen LogP contribution in [0.25, 0.3) is 0 Å². The molecule has 0 heterocycles. The Hall–Kier alpha value is -7.37. The molecule has 0 amide bonds. The summed E-state index contributed by atoms with van der Waals surface area (Å²) in [5, 5.41) is 181. The Morgan fingerprint density at radius 1 is 0.500 bits per heavy atom. The molecule has 0 aromatic heterocycles. The Kier molecular flexibility index (Phi) is 8.99. The van der Waals surface area contributed by atoms with Crippen LogP contribution in [0.5, 0.6) is 69.0 Å². The molecule has 4 aromatic rings. The van der Waals surface area contributed by atoms with Crippen molar-refractivity contribution in [3.05, 3.63) is 70.7 Å². The van der Waals surface area contributed by atoms with E-state index in [1.165, 1.54) is 0 Å². The SMILES string of the molecule is [2H]c1c(C(=O)C(O)[C@@H](O)[C@](O)(C(=O)c2cc(O)c(O)c(O)c2[2H])[C@@](O)(C(=O)c2cc(O)c(O)c(O)c2[2H])[C@@](O)(C=O)C(=O)c2cc(O)c(O)c(O)c2[2H])cc(O)c(O)c1O. The number of aldehydes is 1. The first-order chi connectivity index (χ1) is 27.5. The maximum atomic E-state index is 14.7. The minimum atomic E-state index is -5.57. The highest BCUT2D eigenvalue weighted by atomic mass is 16.4. The van der Waals surface area contributed by atoms with E-state index in [9.17, 15) is 111 Å². The summed E-state index contributed by atoms with van der Waals surface area (Å²) >= 11 is 0. The molecule has 0 radical (unpaired) electrons. The Morgan fingerprint density at radius 2 is 0.804 bits per heavy atom. The molecule has 296 valence electrons. The maximum absolute atomic E-state index is 14.7.